The van der Waals surface area contributed by atoms with E-state index in [4.69, 9.17) is 4.74 Å². The molecule has 0 saturated heterocycles. The van der Waals surface area contributed by atoms with E-state index < -0.39 is 0 Å². The van der Waals surface area contributed by atoms with Crippen LogP contribution in [0.1, 0.15) is 67.3 Å². The number of halogens is 1. The summed E-state index contributed by atoms with van der Waals surface area (Å²) >= 11 is 1.73. The van der Waals surface area contributed by atoms with E-state index in [-0.39, 0.29) is 11.7 Å². The molecule has 0 fully saturated rings. The van der Waals surface area contributed by atoms with Crippen LogP contribution in [0.3, 0.4) is 0 Å². The first-order valence-corrected chi connectivity index (χ1v) is 13.7. The lowest BCUT2D eigenvalue weighted by atomic mass is 9.95. The van der Waals surface area contributed by atoms with Crippen LogP contribution in [0.2, 0.25) is 0 Å². The van der Waals surface area contributed by atoms with Crippen molar-refractivity contribution in [3.63, 3.8) is 0 Å². The van der Waals surface area contributed by atoms with Gasteiger partial charge in [-0.25, -0.2) is 9.82 Å². The van der Waals surface area contributed by atoms with Crippen LogP contribution in [-0.2, 0) is 19.4 Å². The predicted molar refractivity (Wildman–Crippen MR) is 151 cm³/mol. The number of aryl methyl sites for hydroxylation is 5. The summed E-state index contributed by atoms with van der Waals surface area (Å²) in [7, 11) is 0. The second-order valence-corrected chi connectivity index (χ2v) is 11.0. The van der Waals surface area contributed by atoms with Gasteiger partial charge in [0.15, 0.2) is 0 Å². The minimum atomic E-state index is -0.262. The summed E-state index contributed by atoms with van der Waals surface area (Å²) < 4.78 is 21.4. The molecule has 5 rings (SSSR count). The molecule has 1 N–H and O–H groups in total. The van der Waals surface area contributed by atoms with E-state index in [9.17, 15) is 9.18 Å². The molecular weight excluding hydrogens is 497 g/mol. The maximum absolute atomic E-state index is 13.5. The van der Waals surface area contributed by atoms with Crippen molar-refractivity contribution < 1.29 is 13.9 Å². The quantitative estimate of drug-likeness (QED) is 0.204. The predicted octanol–water partition coefficient (Wildman–Crippen LogP) is 7.13. The van der Waals surface area contributed by atoms with Crippen LogP contribution in [0.4, 0.5) is 4.39 Å². The molecule has 0 radical (unpaired) electrons. The fourth-order valence-corrected chi connectivity index (χ4v) is 6.68. The normalized spacial score (nSPS) is 13.1. The van der Waals surface area contributed by atoms with Crippen LogP contribution in [0, 0.1) is 33.5 Å². The summed E-state index contributed by atoms with van der Waals surface area (Å²) in [5, 5.41) is 5.31. The van der Waals surface area contributed by atoms with E-state index in [0.717, 1.165) is 75.6 Å². The van der Waals surface area contributed by atoms with Gasteiger partial charge < -0.3 is 9.30 Å². The molecule has 0 atom stereocenters. The second kappa shape index (κ2) is 11.0. The summed E-state index contributed by atoms with van der Waals surface area (Å²) in [5.41, 5.74) is 10.7. The Balaban J connectivity index is 1.33. The fraction of sp³-hybridized carbons (Fsp3) is 0.290. The molecule has 1 aliphatic carbocycles. The van der Waals surface area contributed by atoms with Crippen molar-refractivity contribution >= 4 is 23.5 Å². The van der Waals surface area contributed by atoms with E-state index in [1.54, 1.807) is 29.7 Å². The number of rotatable bonds is 7. The molecule has 0 bridgehead atoms. The van der Waals surface area contributed by atoms with Crippen LogP contribution in [0.25, 0.3) is 5.00 Å². The smallest absolute Gasteiger partial charge is 0.274 e. The standard InChI is InChI=1S/C31H32FN3O2S/c1-19-15-24(16-20(2)29(19)37-18-23-11-13-25(32)14-12-23)17-33-34-30(36)28-26-7-5-6-8-27(26)38-31(28)35-21(3)9-10-22(35)4/h9-17H,5-8,18H2,1-4H3,(H,34,36)/b33-17-. The van der Waals surface area contributed by atoms with Gasteiger partial charge in [0.2, 0.25) is 0 Å². The fourth-order valence-electron chi connectivity index (χ4n) is 5.18. The molecule has 2 heterocycles. The number of amides is 1. The molecule has 1 aliphatic rings. The number of thiophene rings is 1. The van der Waals surface area contributed by atoms with Crippen molar-refractivity contribution in [2.45, 2.75) is 60.0 Å². The molecule has 2 aromatic carbocycles. The summed E-state index contributed by atoms with van der Waals surface area (Å²) in [5.74, 6) is 0.361. The molecule has 2 aromatic heterocycles. The number of hydrazone groups is 1. The average molecular weight is 530 g/mol. The van der Waals surface area contributed by atoms with Crippen molar-refractivity contribution in [2.24, 2.45) is 5.10 Å². The van der Waals surface area contributed by atoms with Crippen molar-refractivity contribution in [1.82, 2.24) is 9.99 Å². The number of fused-ring (bicyclic) bond motifs is 1. The topological polar surface area (TPSA) is 55.6 Å². The summed E-state index contributed by atoms with van der Waals surface area (Å²) in [6, 6.07) is 14.4. The third-order valence-electron chi connectivity index (χ3n) is 7.01. The van der Waals surface area contributed by atoms with Gasteiger partial charge in [-0.15, -0.1) is 11.3 Å². The first kappa shape index (κ1) is 25.9. The van der Waals surface area contributed by atoms with Gasteiger partial charge in [0.1, 0.15) is 23.2 Å². The molecule has 0 aliphatic heterocycles. The maximum atomic E-state index is 13.5. The lowest BCUT2D eigenvalue weighted by Gasteiger charge is -2.14. The summed E-state index contributed by atoms with van der Waals surface area (Å²) in [6.07, 6.45) is 5.89. The van der Waals surface area contributed by atoms with Crippen LogP contribution in [0.5, 0.6) is 5.75 Å². The third-order valence-corrected chi connectivity index (χ3v) is 8.29. The minimum absolute atomic E-state index is 0.171. The number of carbonyl (C=O) groups excluding carboxylic acids is 1. The Kier molecular flexibility index (Phi) is 7.47. The zero-order chi connectivity index (χ0) is 26.8. The van der Waals surface area contributed by atoms with Crippen LogP contribution < -0.4 is 10.2 Å². The van der Waals surface area contributed by atoms with E-state index in [1.807, 2.05) is 26.0 Å². The number of nitrogens with zero attached hydrogens (tertiary/aromatic N) is 2. The zero-order valence-electron chi connectivity index (χ0n) is 22.2. The SMILES string of the molecule is Cc1cc(/C=N\NC(=O)c2c(-n3c(C)ccc3C)sc3c2CCCC3)cc(C)c1OCc1ccc(F)cc1. The minimum Gasteiger partial charge on any atom is -0.488 e. The van der Waals surface area contributed by atoms with Crippen molar-refractivity contribution in [3.8, 4) is 10.8 Å². The number of hydrogen-bond donors (Lipinski definition) is 1. The second-order valence-electron chi connectivity index (χ2n) is 9.94. The summed E-state index contributed by atoms with van der Waals surface area (Å²) in [6.45, 7) is 8.47. The largest absolute Gasteiger partial charge is 0.488 e. The Bertz CT molecular complexity index is 1470. The first-order chi connectivity index (χ1) is 18.3. The Morgan fingerprint density at radius 3 is 2.37 bits per heavy atom. The van der Waals surface area contributed by atoms with Crippen LogP contribution in [-0.4, -0.2) is 16.7 Å². The van der Waals surface area contributed by atoms with Crippen LogP contribution in [0.15, 0.2) is 53.6 Å². The lowest BCUT2D eigenvalue weighted by Crippen LogP contribution is -2.21. The Hall–Kier alpha value is -3.71. The van der Waals surface area contributed by atoms with Gasteiger partial charge in [-0.1, -0.05) is 12.1 Å². The molecule has 1 amide bonds. The molecule has 38 heavy (non-hydrogen) atoms. The van der Waals surface area contributed by atoms with Crippen molar-refractivity contribution in [3.05, 3.63) is 104 Å². The van der Waals surface area contributed by atoms with Crippen LogP contribution >= 0.6 is 11.3 Å². The highest BCUT2D eigenvalue weighted by molar-refractivity contribution is 7.15. The number of benzene rings is 2. The molecule has 7 heteroatoms. The maximum Gasteiger partial charge on any atom is 0.274 e. The molecule has 0 saturated carbocycles. The van der Waals surface area contributed by atoms with Gasteiger partial charge >= 0.3 is 0 Å². The Morgan fingerprint density at radius 2 is 1.68 bits per heavy atom. The Labute approximate surface area is 227 Å². The monoisotopic (exact) mass is 529 g/mol. The number of nitrogens with one attached hydrogen (secondary N) is 1. The number of hydrogen-bond acceptors (Lipinski definition) is 4. The molecule has 196 valence electrons. The molecular formula is C31H32FN3O2S. The number of ether oxygens (including phenoxy) is 1. The highest BCUT2D eigenvalue weighted by Crippen LogP contribution is 2.38. The van der Waals surface area contributed by atoms with E-state index in [1.165, 1.54) is 22.6 Å². The molecule has 5 nitrogen and oxygen atoms in total. The number of aromatic nitrogens is 1. The lowest BCUT2D eigenvalue weighted by molar-refractivity contribution is 0.0954. The van der Waals surface area contributed by atoms with Crippen molar-refractivity contribution in [1.29, 1.82) is 0 Å². The zero-order valence-corrected chi connectivity index (χ0v) is 23.0. The van der Waals surface area contributed by atoms with E-state index in [2.05, 4.69) is 41.1 Å². The van der Waals surface area contributed by atoms with Gasteiger partial charge in [-0.2, -0.15) is 5.10 Å². The first-order valence-electron chi connectivity index (χ1n) is 12.9. The van der Waals surface area contributed by atoms with Gasteiger partial charge in [-0.3, -0.25) is 4.79 Å². The van der Waals surface area contributed by atoms with Gasteiger partial charge in [0, 0.05) is 16.3 Å². The summed E-state index contributed by atoms with van der Waals surface area (Å²) in [4.78, 5) is 14.8. The van der Waals surface area contributed by atoms with Gasteiger partial charge in [0.05, 0.1) is 11.8 Å². The highest BCUT2D eigenvalue weighted by Gasteiger charge is 2.27. The van der Waals surface area contributed by atoms with Gasteiger partial charge in [0.25, 0.3) is 5.91 Å². The van der Waals surface area contributed by atoms with Crippen molar-refractivity contribution in [2.75, 3.05) is 0 Å². The number of carbonyl (C=O) groups is 1. The molecule has 0 spiro atoms. The highest BCUT2D eigenvalue weighted by atomic mass is 32.1. The van der Waals surface area contributed by atoms with E-state index >= 15 is 0 Å². The Morgan fingerprint density at radius 1 is 1.03 bits per heavy atom. The van der Waals surface area contributed by atoms with E-state index in [0.29, 0.717) is 6.61 Å². The molecule has 4 aromatic rings. The average Bonchev–Trinajstić information content (AvgIpc) is 3.43. The third kappa shape index (κ3) is 5.29. The molecule has 0 unspecified atom stereocenters. The van der Waals surface area contributed by atoms with Gasteiger partial charge in [-0.05, 0) is 118 Å².